The minimum Gasteiger partial charge on any atom is -0.392 e. The molecule has 0 aromatic carbocycles. The van der Waals surface area contributed by atoms with Crippen molar-refractivity contribution >= 4 is 23.0 Å². The SMILES string of the molecule is CC1(F)CCC(CN2C[C@H](O)CC[C@@H]2COI)CC1. The zero-order chi connectivity index (χ0) is 13.9. The molecule has 1 heterocycles. The van der Waals surface area contributed by atoms with Crippen molar-refractivity contribution in [1.29, 1.82) is 0 Å². The molecule has 0 amide bonds. The van der Waals surface area contributed by atoms with Crippen LogP contribution in [0.4, 0.5) is 4.39 Å². The number of alkyl halides is 1. The summed E-state index contributed by atoms with van der Waals surface area (Å²) in [5.74, 6) is 0.575. The highest BCUT2D eigenvalue weighted by Gasteiger charge is 2.34. The second kappa shape index (κ2) is 7.00. The predicted molar refractivity (Wildman–Crippen MR) is 82.0 cm³/mol. The van der Waals surface area contributed by atoms with Gasteiger partial charge in [-0.3, -0.25) is 4.90 Å². The lowest BCUT2D eigenvalue weighted by Crippen LogP contribution is -2.49. The van der Waals surface area contributed by atoms with E-state index in [0.29, 0.717) is 24.8 Å². The van der Waals surface area contributed by atoms with Crippen molar-refractivity contribution in [3.63, 3.8) is 0 Å². The molecule has 1 N–H and O–H groups in total. The quantitative estimate of drug-likeness (QED) is 0.755. The number of hydrogen-bond donors (Lipinski definition) is 1. The smallest absolute Gasteiger partial charge is 0.109 e. The average molecular weight is 385 g/mol. The third-order valence-electron chi connectivity index (χ3n) is 4.69. The van der Waals surface area contributed by atoms with E-state index >= 15 is 0 Å². The molecule has 2 rings (SSSR count). The largest absolute Gasteiger partial charge is 0.392 e. The molecule has 1 saturated heterocycles. The van der Waals surface area contributed by atoms with Gasteiger partial charge >= 0.3 is 0 Å². The maximum absolute atomic E-state index is 13.8. The topological polar surface area (TPSA) is 32.7 Å². The minimum absolute atomic E-state index is 0.208. The van der Waals surface area contributed by atoms with Gasteiger partial charge in [0.25, 0.3) is 0 Å². The van der Waals surface area contributed by atoms with Crippen LogP contribution in [0, 0.1) is 5.92 Å². The molecule has 1 saturated carbocycles. The summed E-state index contributed by atoms with van der Waals surface area (Å²) in [6.45, 7) is 4.17. The molecule has 1 aliphatic heterocycles. The summed E-state index contributed by atoms with van der Waals surface area (Å²) in [6.07, 6.45) is 4.96. The zero-order valence-electron chi connectivity index (χ0n) is 11.7. The Morgan fingerprint density at radius 3 is 2.63 bits per heavy atom. The molecule has 0 spiro atoms. The lowest BCUT2D eigenvalue weighted by Gasteiger charge is -2.41. The van der Waals surface area contributed by atoms with E-state index in [1.807, 2.05) is 23.0 Å². The number of likely N-dealkylation sites (tertiary alicyclic amines) is 1. The Balaban J connectivity index is 1.85. The number of rotatable bonds is 4. The maximum Gasteiger partial charge on any atom is 0.109 e. The van der Waals surface area contributed by atoms with E-state index in [1.165, 1.54) is 0 Å². The van der Waals surface area contributed by atoms with Gasteiger partial charge in [0, 0.05) is 19.1 Å². The molecular weight excluding hydrogens is 360 g/mol. The van der Waals surface area contributed by atoms with Crippen LogP contribution in [-0.2, 0) is 3.07 Å². The summed E-state index contributed by atoms with van der Waals surface area (Å²) in [5, 5.41) is 9.83. The average Bonchev–Trinajstić information content (AvgIpc) is 2.35. The molecule has 2 atom stereocenters. The number of hydrogen-bond acceptors (Lipinski definition) is 3. The van der Waals surface area contributed by atoms with Crippen LogP contribution in [0.15, 0.2) is 0 Å². The molecule has 3 nitrogen and oxygen atoms in total. The van der Waals surface area contributed by atoms with Crippen LogP contribution in [0.25, 0.3) is 0 Å². The molecule has 0 aromatic rings. The molecule has 1 aliphatic carbocycles. The van der Waals surface area contributed by atoms with Crippen LogP contribution in [0.5, 0.6) is 0 Å². The number of piperidine rings is 1. The maximum atomic E-state index is 13.8. The molecule has 0 unspecified atom stereocenters. The van der Waals surface area contributed by atoms with Gasteiger partial charge in [-0.25, -0.2) is 4.39 Å². The number of halogens is 2. The Morgan fingerprint density at radius 1 is 1.32 bits per heavy atom. The first kappa shape index (κ1) is 15.9. The predicted octanol–water partition coefficient (Wildman–Crippen LogP) is 3.10. The summed E-state index contributed by atoms with van der Waals surface area (Å²) < 4.78 is 19.1. The van der Waals surface area contributed by atoms with Gasteiger partial charge in [0.1, 0.15) is 28.7 Å². The molecule has 2 aliphatic rings. The van der Waals surface area contributed by atoms with Crippen LogP contribution < -0.4 is 0 Å². The molecule has 2 fully saturated rings. The lowest BCUT2D eigenvalue weighted by molar-refractivity contribution is 0.00418. The fourth-order valence-electron chi connectivity index (χ4n) is 3.36. The Hall–Kier alpha value is 0.540. The van der Waals surface area contributed by atoms with Crippen LogP contribution in [0.2, 0.25) is 0 Å². The van der Waals surface area contributed by atoms with Gasteiger partial charge in [0.15, 0.2) is 0 Å². The highest BCUT2D eigenvalue weighted by molar-refractivity contribution is 14.1. The molecule has 112 valence electrons. The van der Waals surface area contributed by atoms with Crippen molar-refractivity contribution in [3.05, 3.63) is 0 Å². The van der Waals surface area contributed by atoms with Gasteiger partial charge < -0.3 is 8.17 Å². The lowest BCUT2D eigenvalue weighted by atomic mass is 9.80. The summed E-state index contributed by atoms with van der Waals surface area (Å²) in [5.41, 5.74) is -0.956. The Morgan fingerprint density at radius 2 is 2.00 bits per heavy atom. The van der Waals surface area contributed by atoms with Crippen molar-refractivity contribution in [2.24, 2.45) is 5.92 Å². The van der Waals surface area contributed by atoms with Crippen LogP contribution in [0.3, 0.4) is 0 Å². The van der Waals surface area contributed by atoms with Gasteiger partial charge in [-0.2, -0.15) is 0 Å². The monoisotopic (exact) mass is 385 g/mol. The second-order valence-corrected chi connectivity index (χ2v) is 7.09. The van der Waals surface area contributed by atoms with E-state index in [0.717, 1.165) is 45.4 Å². The van der Waals surface area contributed by atoms with Gasteiger partial charge in [0.2, 0.25) is 0 Å². The van der Waals surface area contributed by atoms with Crippen molar-refractivity contribution < 1.29 is 12.6 Å². The third kappa shape index (κ3) is 4.79. The van der Waals surface area contributed by atoms with E-state index < -0.39 is 5.67 Å². The van der Waals surface area contributed by atoms with E-state index in [9.17, 15) is 9.50 Å². The number of nitrogens with zero attached hydrogens (tertiary/aromatic N) is 1. The fourth-order valence-corrected chi connectivity index (χ4v) is 3.77. The molecular formula is C14H25FINO2. The molecule has 0 bridgehead atoms. The molecule has 19 heavy (non-hydrogen) atoms. The van der Waals surface area contributed by atoms with Crippen molar-refractivity contribution in [2.75, 3.05) is 19.7 Å². The van der Waals surface area contributed by atoms with Crippen LogP contribution >= 0.6 is 23.0 Å². The summed E-state index contributed by atoms with van der Waals surface area (Å²) >= 11 is 1.94. The van der Waals surface area contributed by atoms with E-state index in [1.54, 1.807) is 6.92 Å². The highest BCUT2D eigenvalue weighted by Crippen LogP contribution is 2.35. The summed E-state index contributed by atoms with van der Waals surface area (Å²) in [7, 11) is 0. The first-order valence-electron chi connectivity index (χ1n) is 7.35. The summed E-state index contributed by atoms with van der Waals surface area (Å²) in [4.78, 5) is 2.36. The summed E-state index contributed by atoms with van der Waals surface area (Å²) in [6, 6.07) is 0.416. The van der Waals surface area contributed by atoms with E-state index in [-0.39, 0.29) is 6.10 Å². The first-order chi connectivity index (χ1) is 9.00. The number of aliphatic hydroxyl groups excluding tert-OH is 1. The minimum atomic E-state index is -0.956. The van der Waals surface area contributed by atoms with Crippen LogP contribution in [-0.4, -0.2) is 47.5 Å². The Bertz CT molecular complexity index is 281. The second-order valence-electron chi connectivity index (χ2n) is 6.47. The normalized spacial score (nSPS) is 41.4. The van der Waals surface area contributed by atoms with Gasteiger partial charge in [-0.15, -0.1) is 0 Å². The highest BCUT2D eigenvalue weighted by atomic mass is 127. The number of β-amino-alcohol motifs (C(OH)–C–C–N with tert-alkyl or cyclic N) is 1. The molecule has 0 aromatic heterocycles. The molecule has 0 radical (unpaired) electrons. The standard InChI is InChI=1S/C14H25FINO2/c1-14(15)6-4-11(5-7-14)8-17-9-13(18)3-2-12(17)10-19-16/h11-13,18H,2-10H2,1H3/t11?,12-,13-,14?/m1/s1. The van der Waals surface area contributed by atoms with Crippen molar-refractivity contribution in [2.45, 2.75) is 63.3 Å². The van der Waals surface area contributed by atoms with Crippen molar-refractivity contribution in [3.8, 4) is 0 Å². The molecule has 5 heteroatoms. The third-order valence-corrected chi connectivity index (χ3v) is 5.05. The van der Waals surface area contributed by atoms with Crippen LogP contribution in [0.1, 0.15) is 45.4 Å². The van der Waals surface area contributed by atoms with Gasteiger partial charge in [-0.1, -0.05) is 0 Å². The zero-order valence-corrected chi connectivity index (χ0v) is 13.8. The van der Waals surface area contributed by atoms with E-state index in [4.69, 9.17) is 3.07 Å². The van der Waals surface area contributed by atoms with Gasteiger partial charge in [0.05, 0.1) is 12.7 Å². The Kier molecular flexibility index (Phi) is 5.87. The first-order valence-corrected chi connectivity index (χ1v) is 8.23. The Labute approximate surface area is 129 Å². The fraction of sp³-hybridized carbons (Fsp3) is 1.00. The van der Waals surface area contributed by atoms with Gasteiger partial charge in [-0.05, 0) is 51.4 Å². The van der Waals surface area contributed by atoms with Crippen molar-refractivity contribution in [1.82, 2.24) is 4.90 Å². The number of aliphatic hydroxyl groups is 1. The van der Waals surface area contributed by atoms with E-state index in [2.05, 4.69) is 4.90 Å².